The summed E-state index contributed by atoms with van der Waals surface area (Å²) in [4.78, 5) is 17.6. The van der Waals surface area contributed by atoms with Crippen molar-refractivity contribution in [2.75, 3.05) is 18.9 Å². The predicted molar refractivity (Wildman–Crippen MR) is 57.7 cm³/mol. The molecule has 6 heteroatoms. The zero-order valence-corrected chi connectivity index (χ0v) is 9.04. The number of nitrogens with zero attached hydrogens (tertiary/aromatic N) is 2. The molecular weight excluding hydrogens is 214 g/mol. The summed E-state index contributed by atoms with van der Waals surface area (Å²) in [6, 6.07) is -0.0552. The highest BCUT2D eigenvalue weighted by atomic mass is 32.1. The van der Waals surface area contributed by atoms with Gasteiger partial charge in [-0.25, -0.2) is 4.98 Å². The predicted octanol–water partition coefficient (Wildman–Crippen LogP) is 0.322. The van der Waals surface area contributed by atoms with Crippen molar-refractivity contribution < 1.29 is 9.90 Å². The molecule has 1 aromatic rings. The molecule has 15 heavy (non-hydrogen) atoms. The number of thiazole rings is 1. The largest absolute Gasteiger partial charge is 0.394 e. The van der Waals surface area contributed by atoms with Crippen molar-refractivity contribution in [3.8, 4) is 0 Å². The molecule has 2 heterocycles. The zero-order chi connectivity index (χ0) is 10.8. The van der Waals surface area contributed by atoms with Crippen LogP contribution < -0.4 is 5.73 Å². The van der Waals surface area contributed by atoms with Gasteiger partial charge in [0.1, 0.15) is 5.69 Å². The van der Waals surface area contributed by atoms with Crippen LogP contribution in [0.25, 0.3) is 0 Å². The fourth-order valence-corrected chi connectivity index (χ4v) is 2.36. The van der Waals surface area contributed by atoms with Gasteiger partial charge in [0.2, 0.25) is 0 Å². The van der Waals surface area contributed by atoms with E-state index in [0.29, 0.717) is 17.4 Å². The molecule has 0 bridgehead atoms. The molecule has 0 aliphatic carbocycles. The van der Waals surface area contributed by atoms with E-state index in [1.165, 1.54) is 11.3 Å². The van der Waals surface area contributed by atoms with Crippen LogP contribution in [0.4, 0.5) is 5.13 Å². The van der Waals surface area contributed by atoms with E-state index in [1.54, 1.807) is 10.3 Å². The highest BCUT2D eigenvalue weighted by Crippen LogP contribution is 2.21. The molecule has 5 nitrogen and oxygen atoms in total. The molecule has 0 aromatic carbocycles. The average molecular weight is 227 g/mol. The summed E-state index contributed by atoms with van der Waals surface area (Å²) < 4.78 is 0. The number of carbonyl (C=O) groups excluding carboxylic acids is 1. The molecule has 1 fully saturated rings. The van der Waals surface area contributed by atoms with Gasteiger partial charge in [-0.15, -0.1) is 11.3 Å². The first-order valence-corrected chi connectivity index (χ1v) is 5.73. The van der Waals surface area contributed by atoms with Crippen LogP contribution >= 0.6 is 11.3 Å². The van der Waals surface area contributed by atoms with Gasteiger partial charge in [0, 0.05) is 11.9 Å². The third-order valence-electron chi connectivity index (χ3n) is 2.59. The van der Waals surface area contributed by atoms with E-state index in [0.717, 1.165) is 12.8 Å². The number of aliphatic hydroxyl groups is 1. The van der Waals surface area contributed by atoms with Crippen LogP contribution in [0.15, 0.2) is 5.38 Å². The SMILES string of the molecule is Nc1nc(C(=O)N2CCC[C@@H]2CO)cs1. The third-order valence-corrected chi connectivity index (χ3v) is 3.26. The van der Waals surface area contributed by atoms with Crippen LogP contribution in [0, 0.1) is 0 Å². The molecule has 1 atom stereocenters. The van der Waals surface area contributed by atoms with Gasteiger partial charge in [0.15, 0.2) is 5.13 Å². The van der Waals surface area contributed by atoms with Crippen molar-refractivity contribution in [3.63, 3.8) is 0 Å². The molecule has 1 aliphatic heterocycles. The van der Waals surface area contributed by atoms with Gasteiger partial charge in [0.25, 0.3) is 5.91 Å². The van der Waals surface area contributed by atoms with Crippen LogP contribution in [0.3, 0.4) is 0 Å². The van der Waals surface area contributed by atoms with Crippen molar-refractivity contribution in [2.24, 2.45) is 0 Å². The summed E-state index contributed by atoms with van der Waals surface area (Å²) in [5.74, 6) is -0.125. The lowest BCUT2D eigenvalue weighted by Crippen LogP contribution is -2.37. The second-order valence-electron chi connectivity index (χ2n) is 3.55. The molecule has 2 rings (SSSR count). The minimum absolute atomic E-state index is 0.0192. The van der Waals surface area contributed by atoms with E-state index in [1.807, 2.05) is 0 Å². The highest BCUT2D eigenvalue weighted by molar-refractivity contribution is 7.13. The molecule has 0 spiro atoms. The number of amides is 1. The number of anilines is 1. The summed E-state index contributed by atoms with van der Waals surface area (Å²) in [7, 11) is 0. The maximum Gasteiger partial charge on any atom is 0.273 e. The quantitative estimate of drug-likeness (QED) is 0.762. The third kappa shape index (κ3) is 1.95. The number of likely N-dealkylation sites (tertiary alicyclic amines) is 1. The van der Waals surface area contributed by atoms with E-state index < -0.39 is 0 Å². The molecule has 1 aliphatic rings. The first-order valence-electron chi connectivity index (χ1n) is 4.85. The topological polar surface area (TPSA) is 79.5 Å². The van der Waals surface area contributed by atoms with Crippen molar-refractivity contribution in [2.45, 2.75) is 18.9 Å². The summed E-state index contributed by atoms with van der Waals surface area (Å²) in [5, 5.41) is 11.2. The van der Waals surface area contributed by atoms with Gasteiger partial charge in [-0.3, -0.25) is 4.79 Å². The van der Waals surface area contributed by atoms with Crippen LogP contribution in [0.1, 0.15) is 23.3 Å². The fraction of sp³-hybridized carbons (Fsp3) is 0.556. The van der Waals surface area contributed by atoms with Crippen molar-refractivity contribution in [1.29, 1.82) is 0 Å². The maximum atomic E-state index is 11.9. The fourth-order valence-electron chi connectivity index (χ4n) is 1.83. The number of hydrogen-bond acceptors (Lipinski definition) is 5. The Labute approximate surface area is 91.5 Å². The first-order chi connectivity index (χ1) is 7.22. The maximum absolute atomic E-state index is 11.9. The molecule has 82 valence electrons. The molecule has 0 saturated carbocycles. The zero-order valence-electron chi connectivity index (χ0n) is 8.22. The molecular formula is C9H13N3O2S. The minimum Gasteiger partial charge on any atom is -0.394 e. The van der Waals surface area contributed by atoms with E-state index in [2.05, 4.69) is 4.98 Å². The van der Waals surface area contributed by atoms with Gasteiger partial charge in [-0.05, 0) is 12.8 Å². The normalized spacial score (nSPS) is 20.9. The van der Waals surface area contributed by atoms with Gasteiger partial charge in [-0.2, -0.15) is 0 Å². The van der Waals surface area contributed by atoms with Gasteiger partial charge in [0.05, 0.1) is 12.6 Å². The lowest BCUT2D eigenvalue weighted by Gasteiger charge is -2.21. The lowest BCUT2D eigenvalue weighted by atomic mass is 10.2. The lowest BCUT2D eigenvalue weighted by molar-refractivity contribution is 0.0672. The second-order valence-corrected chi connectivity index (χ2v) is 4.44. The number of carbonyl (C=O) groups is 1. The first kappa shape index (κ1) is 10.4. The Kier molecular flexibility index (Phi) is 2.88. The van der Waals surface area contributed by atoms with Gasteiger partial charge < -0.3 is 15.7 Å². The number of nitrogen functional groups attached to an aromatic ring is 1. The Morgan fingerprint density at radius 1 is 1.80 bits per heavy atom. The smallest absolute Gasteiger partial charge is 0.273 e. The Morgan fingerprint density at radius 2 is 2.60 bits per heavy atom. The van der Waals surface area contributed by atoms with Crippen LogP contribution in [0.5, 0.6) is 0 Å². The summed E-state index contributed by atoms with van der Waals surface area (Å²) in [6.45, 7) is 0.715. The van der Waals surface area contributed by atoms with E-state index in [4.69, 9.17) is 10.8 Å². The number of aliphatic hydroxyl groups excluding tert-OH is 1. The number of nitrogens with two attached hydrogens (primary N) is 1. The molecule has 1 aromatic heterocycles. The summed E-state index contributed by atoms with van der Waals surface area (Å²) >= 11 is 1.26. The van der Waals surface area contributed by atoms with Crippen molar-refractivity contribution in [3.05, 3.63) is 11.1 Å². The van der Waals surface area contributed by atoms with Crippen LogP contribution in [0.2, 0.25) is 0 Å². The Balaban J connectivity index is 2.13. The minimum atomic E-state index is -0.125. The summed E-state index contributed by atoms with van der Waals surface area (Å²) in [6.07, 6.45) is 1.80. The standard InChI is InChI=1S/C9H13N3O2S/c10-9-11-7(5-15-9)8(14)12-3-1-2-6(12)4-13/h5-6,13H,1-4H2,(H2,10,11)/t6-/m1/s1. The van der Waals surface area contributed by atoms with Crippen molar-refractivity contribution in [1.82, 2.24) is 9.88 Å². The second kappa shape index (κ2) is 4.16. The monoisotopic (exact) mass is 227 g/mol. The molecule has 0 unspecified atom stereocenters. The Hall–Kier alpha value is -1.14. The van der Waals surface area contributed by atoms with Gasteiger partial charge >= 0.3 is 0 Å². The van der Waals surface area contributed by atoms with E-state index >= 15 is 0 Å². The Bertz CT molecular complexity index is 366. The van der Waals surface area contributed by atoms with Crippen LogP contribution in [-0.4, -0.2) is 40.1 Å². The molecule has 1 amide bonds. The molecule has 3 N–H and O–H groups in total. The number of aromatic nitrogens is 1. The molecule has 0 radical (unpaired) electrons. The number of rotatable bonds is 2. The van der Waals surface area contributed by atoms with E-state index in [9.17, 15) is 4.79 Å². The van der Waals surface area contributed by atoms with Crippen LogP contribution in [-0.2, 0) is 0 Å². The molecule has 1 saturated heterocycles. The number of hydrogen-bond donors (Lipinski definition) is 2. The highest BCUT2D eigenvalue weighted by Gasteiger charge is 2.29. The van der Waals surface area contributed by atoms with Gasteiger partial charge in [-0.1, -0.05) is 0 Å². The Morgan fingerprint density at radius 3 is 3.20 bits per heavy atom. The van der Waals surface area contributed by atoms with E-state index in [-0.39, 0.29) is 18.6 Å². The van der Waals surface area contributed by atoms with Crippen molar-refractivity contribution >= 4 is 22.4 Å². The summed E-state index contributed by atoms with van der Waals surface area (Å²) in [5.41, 5.74) is 5.86. The average Bonchev–Trinajstić information content (AvgIpc) is 2.84.